The zero-order valence-electron chi connectivity index (χ0n) is 8.74. The molecular weight excluding hydrogens is 196 g/mol. The Morgan fingerprint density at radius 3 is 2.73 bits per heavy atom. The summed E-state index contributed by atoms with van der Waals surface area (Å²) in [4.78, 5) is 22.4. The van der Waals surface area contributed by atoms with Crippen LogP contribution in [0.1, 0.15) is 38.5 Å². The topological polar surface area (TPSA) is 52.6 Å². The Kier molecular flexibility index (Phi) is 3.23. The monoisotopic (exact) mass is 212 g/mol. The van der Waals surface area contributed by atoms with E-state index in [9.17, 15) is 9.59 Å². The SMILES string of the molecule is O=C1CC(C2CCCCC(=O)O2)CCO1. The van der Waals surface area contributed by atoms with Crippen molar-refractivity contribution in [3.05, 3.63) is 0 Å². The van der Waals surface area contributed by atoms with Crippen LogP contribution in [-0.2, 0) is 19.1 Å². The largest absolute Gasteiger partial charge is 0.466 e. The fraction of sp³-hybridized carbons (Fsp3) is 0.818. The molecule has 0 aromatic heterocycles. The first kappa shape index (κ1) is 10.5. The van der Waals surface area contributed by atoms with Crippen LogP contribution >= 0.6 is 0 Å². The summed E-state index contributed by atoms with van der Waals surface area (Å²) in [5.41, 5.74) is 0. The zero-order valence-corrected chi connectivity index (χ0v) is 8.74. The van der Waals surface area contributed by atoms with Crippen molar-refractivity contribution in [2.24, 2.45) is 5.92 Å². The van der Waals surface area contributed by atoms with Gasteiger partial charge in [0.1, 0.15) is 6.10 Å². The Morgan fingerprint density at radius 1 is 1.07 bits per heavy atom. The van der Waals surface area contributed by atoms with E-state index in [1.807, 2.05) is 0 Å². The molecule has 4 heteroatoms. The average Bonchev–Trinajstić information content (AvgIpc) is 2.43. The van der Waals surface area contributed by atoms with Crippen molar-refractivity contribution in [1.82, 2.24) is 0 Å². The first-order valence-electron chi connectivity index (χ1n) is 5.61. The number of hydrogen-bond acceptors (Lipinski definition) is 4. The number of carbonyl (C=O) groups is 2. The van der Waals surface area contributed by atoms with Gasteiger partial charge in [-0.25, -0.2) is 0 Å². The standard InChI is InChI=1S/C11H16O4/c12-10-4-2-1-3-9(15-10)8-5-6-14-11(13)7-8/h8-9H,1-7H2. The minimum atomic E-state index is -0.161. The smallest absolute Gasteiger partial charge is 0.306 e. The summed E-state index contributed by atoms with van der Waals surface area (Å²) < 4.78 is 10.2. The van der Waals surface area contributed by atoms with Crippen molar-refractivity contribution < 1.29 is 19.1 Å². The van der Waals surface area contributed by atoms with Gasteiger partial charge in [-0.1, -0.05) is 0 Å². The van der Waals surface area contributed by atoms with E-state index in [1.54, 1.807) is 0 Å². The molecule has 2 aliphatic rings. The summed E-state index contributed by atoms with van der Waals surface area (Å²) in [6.07, 6.45) is 4.50. The molecule has 0 bridgehead atoms. The van der Waals surface area contributed by atoms with Gasteiger partial charge in [0.15, 0.2) is 0 Å². The fourth-order valence-corrected chi connectivity index (χ4v) is 2.25. The highest BCUT2D eigenvalue weighted by atomic mass is 16.5. The fourth-order valence-electron chi connectivity index (χ4n) is 2.25. The number of cyclic esters (lactones) is 2. The van der Waals surface area contributed by atoms with E-state index < -0.39 is 0 Å². The molecule has 2 unspecified atom stereocenters. The summed E-state index contributed by atoms with van der Waals surface area (Å²) >= 11 is 0. The first-order chi connectivity index (χ1) is 7.25. The number of carbonyl (C=O) groups excluding carboxylic acids is 2. The van der Waals surface area contributed by atoms with Crippen LogP contribution in [0.3, 0.4) is 0 Å². The predicted octanol–water partition coefficient (Wildman–Crippen LogP) is 1.43. The molecule has 0 aromatic carbocycles. The summed E-state index contributed by atoms with van der Waals surface area (Å²) in [5, 5.41) is 0. The van der Waals surface area contributed by atoms with Crippen LogP contribution in [0.25, 0.3) is 0 Å². The quantitative estimate of drug-likeness (QED) is 0.617. The molecule has 15 heavy (non-hydrogen) atoms. The summed E-state index contributed by atoms with van der Waals surface area (Å²) in [6.45, 7) is 0.470. The van der Waals surface area contributed by atoms with Crippen LogP contribution in [-0.4, -0.2) is 24.6 Å². The maximum atomic E-state index is 11.3. The molecule has 0 radical (unpaired) electrons. The number of ether oxygens (including phenoxy) is 2. The van der Waals surface area contributed by atoms with E-state index in [-0.39, 0.29) is 24.0 Å². The molecule has 0 saturated carbocycles. The minimum Gasteiger partial charge on any atom is -0.466 e. The van der Waals surface area contributed by atoms with E-state index in [0.717, 1.165) is 25.7 Å². The van der Waals surface area contributed by atoms with Crippen LogP contribution < -0.4 is 0 Å². The third-order valence-corrected chi connectivity index (χ3v) is 3.11. The average molecular weight is 212 g/mol. The first-order valence-corrected chi connectivity index (χ1v) is 5.61. The molecule has 0 N–H and O–H groups in total. The highest BCUT2D eigenvalue weighted by molar-refractivity contribution is 5.71. The van der Waals surface area contributed by atoms with Crippen LogP contribution in [0.4, 0.5) is 0 Å². The third kappa shape index (κ3) is 2.70. The Balaban J connectivity index is 1.95. The number of hydrogen-bond donors (Lipinski definition) is 0. The van der Waals surface area contributed by atoms with E-state index in [4.69, 9.17) is 9.47 Å². The summed E-state index contributed by atoms with van der Waals surface area (Å²) in [7, 11) is 0. The van der Waals surface area contributed by atoms with Crippen LogP contribution in [0.2, 0.25) is 0 Å². The highest BCUT2D eigenvalue weighted by Gasteiger charge is 2.31. The third-order valence-electron chi connectivity index (χ3n) is 3.11. The summed E-state index contributed by atoms with van der Waals surface area (Å²) in [5.74, 6) is -0.101. The Bertz CT molecular complexity index is 261. The van der Waals surface area contributed by atoms with Crippen molar-refractivity contribution >= 4 is 11.9 Å². The van der Waals surface area contributed by atoms with Gasteiger partial charge in [0.25, 0.3) is 0 Å². The van der Waals surface area contributed by atoms with Gasteiger partial charge in [-0.15, -0.1) is 0 Å². The molecule has 2 heterocycles. The Morgan fingerprint density at radius 2 is 1.93 bits per heavy atom. The maximum Gasteiger partial charge on any atom is 0.306 e. The lowest BCUT2D eigenvalue weighted by atomic mass is 9.90. The molecule has 0 aromatic rings. The van der Waals surface area contributed by atoms with Gasteiger partial charge in [0.2, 0.25) is 0 Å². The molecule has 2 atom stereocenters. The number of rotatable bonds is 1. The number of esters is 2. The molecule has 0 amide bonds. The van der Waals surface area contributed by atoms with Crippen molar-refractivity contribution in [2.45, 2.75) is 44.6 Å². The zero-order chi connectivity index (χ0) is 10.7. The van der Waals surface area contributed by atoms with Gasteiger partial charge < -0.3 is 9.47 Å². The Hall–Kier alpha value is -1.06. The predicted molar refractivity (Wildman–Crippen MR) is 52.0 cm³/mol. The molecule has 2 fully saturated rings. The van der Waals surface area contributed by atoms with Gasteiger partial charge in [0, 0.05) is 12.3 Å². The van der Waals surface area contributed by atoms with Crippen LogP contribution in [0.15, 0.2) is 0 Å². The molecule has 0 aliphatic carbocycles. The second kappa shape index (κ2) is 4.64. The van der Waals surface area contributed by atoms with Crippen molar-refractivity contribution in [3.8, 4) is 0 Å². The van der Waals surface area contributed by atoms with Crippen LogP contribution in [0, 0.1) is 5.92 Å². The van der Waals surface area contributed by atoms with Gasteiger partial charge in [-0.3, -0.25) is 9.59 Å². The lowest BCUT2D eigenvalue weighted by molar-refractivity contribution is -0.160. The van der Waals surface area contributed by atoms with Crippen molar-refractivity contribution in [2.75, 3.05) is 6.61 Å². The molecule has 0 spiro atoms. The van der Waals surface area contributed by atoms with Gasteiger partial charge in [-0.05, 0) is 25.7 Å². The highest BCUT2D eigenvalue weighted by Crippen LogP contribution is 2.27. The second-order valence-corrected chi connectivity index (χ2v) is 4.25. The van der Waals surface area contributed by atoms with Crippen molar-refractivity contribution in [3.63, 3.8) is 0 Å². The van der Waals surface area contributed by atoms with Crippen LogP contribution in [0.5, 0.6) is 0 Å². The minimum absolute atomic E-state index is 0.0622. The van der Waals surface area contributed by atoms with E-state index in [0.29, 0.717) is 19.4 Å². The van der Waals surface area contributed by atoms with Crippen molar-refractivity contribution in [1.29, 1.82) is 0 Å². The van der Waals surface area contributed by atoms with Gasteiger partial charge in [0.05, 0.1) is 13.0 Å². The normalized spacial score (nSPS) is 32.8. The van der Waals surface area contributed by atoms with Gasteiger partial charge >= 0.3 is 11.9 Å². The Labute approximate surface area is 88.9 Å². The molecular formula is C11H16O4. The van der Waals surface area contributed by atoms with E-state index in [2.05, 4.69) is 0 Å². The molecule has 2 aliphatic heterocycles. The molecule has 84 valence electrons. The molecule has 2 saturated heterocycles. The second-order valence-electron chi connectivity index (χ2n) is 4.25. The lowest BCUT2D eigenvalue weighted by Gasteiger charge is -2.28. The van der Waals surface area contributed by atoms with E-state index in [1.165, 1.54) is 0 Å². The lowest BCUT2D eigenvalue weighted by Crippen LogP contribution is -2.32. The van der Waals surface area contributed by atoms with E-state index >= 15 is 0 Å². The molecule has 4 nitrogen and oxygen atoms in total. The maximum absolute atomic E-state index is 11.3. The molecule has 2 rings (SSSR count). The summed E-state index contributed by atoms with van der Waals surface area (Å²) in [6, 6.07) is 0. The van der Waals surface area contributed by atoms with Gasteiger partial charge in [-0.2, -0.15) is 0 Å².